The lowest BCUT2D eigenvalue weighted by molar-refractivity contribution is -0.105. The van der Waals surface area contributed by atoms with Gasteiger partial charge in [-0.3, -0.25) is 4.79 Å². The summed E-state index contributed by atoms with van der Waals surface area (Å²) in [6, 6.07) is 0. The van der Waals surface area contributed by atoms with Crippen LogP contribution in [0.4, 0.5) is 0 Å². The van der Waals surface area contributed by atoms with Gasteiger partial charge in [0.2, 0.25) is 0 Å². The molecule has 76 valence electrons. The summed E-state index contributed by atoms with van der Waals surface area (Å²) in [6.07, 6.45) is 3.98. The first-order chi connectivity index (χ1) is 6.17. The molecular weight excluding hydrogens is 164 g/mol. The van der Waals surface area contributed by atoms with Crippen LogP contribution in [-0.4, -0.2) is 17.5 Å². The van der Waals surface area contributed by atoms with E-state index in [4.69, 9.17) is 0 Å². The first kappa shape index (κ1) is 12.4. The average molecular weight is 184 g/mol. The highest BCUT2D eigenvalue weighted by molar-refractivity contribution is 5.74. The van der Waals surface area contributed by atoms with Crippen LogP contribution in [0.25, 0.3) is 0 Å². The highest BCUT2D eigenvalue weighted by Gasteiger charge is 2.09. The van der Waals surface area contributed by atoms with Crippen LogP contribution in [0.1, 0.15) is 46.5 Å². The Morgan fingerprint density at radius 1 is 1.46 bits per heavy atom. The van der Waals surface area contributed by atoms with E-state index in [1.165, 1.54) is 0 Å². The third kappa shape index (κ3) is 4.23. The van der Waals surface area contributed by atoms with Crippen molar-refractivity contribution in [3.8, 4) is 0 Å². The molecule has 0 aliphatic heterocycles. The highest BCUT2D eigenvalue weighted by Crippen LogP contribution is 2.14. The molecule has 0 saturated carbocycles. The van der Waals surface area contributed by atoms with Gasteiger partial charge >= 0.3 is 0 Å². The Morgan fingerprint density at radius 3 is 2.46 bits per heavy atom. The third-order valence-corrected chi connectivity index (χ3v) is 2.36. The molecule has 0 fully saturated rings. The standard InChI is InChI=1S/C11H20O2/c1-4-6-7-11(13)9(3)10(5-2)8-12/h8,11,13H,4-7H2,1-3H3/b10-9+. The molecule has 0 saturated heterocycles. The van der Waals surface area contributed by atoms with Crippen LogP contribution in [0.5, 0.6) is 0 Å². The topological polar surface area (TPSA) is 37.3 Å². The van der Waals surface area contributed by atoms with Gasteiger partial charge in [0.05, 0.1) is 6.10 Å². The molecule has 1 unspecified atom stereocenters. The monoisotopic (exact) mass is 184 g/mol. The number of aldehydes is 1. The molecule has 0 aromatic heterocycles. The predicted molar refractivity (Wildman–Crippen MR) is 54.6 cm³/mol. The molecular formula is C11H20O2. The van der Waals surface area contributed by atoms with Gasteiger partial charge in [0.25, 0.3) is 0 Å². The lowest BCUT2D eigenvalue weighted by Gasteiger charge is -2.12. The first-order valence-corrected chi connectivity index (χ1v) is 5.00. The van der Waals surface area contributed by atoms with E-state index >= 15 is 0 Å². The number of carbonyl (C=O) groups excluding carboxylic acids is 1. The first-order valence-electron chi connectivity index (χ1n) is 5.00. The smallest absolute Gasteiger partial charge is 0.146 e. The number of unbranched alkanes of at least 4 members (excludes halogenated alkanes) is 1. The van der Waals surface area contributed by atoms with E-state index in [1.54, 1.807) is 0 Å². The summed E-state index contributed by atoms with van der Waals surface area (Å²) in [6.45, 7) is 5.86. The van der Waals surface area contributed by atoms with Crippen molar-refractivity contribution in [2.75, 3.05) is 0 Å². The minimum absolute atomic E-state index is 0.430. The molecule has 0 aromatic carbocycles. The predicted octanol–water partition coefficient (Wildman–Crippen LogP) is 2.46. The van der Waals surface area contributed by atoms with Gasteiger partial charge in [0.1, 0.15) is 6.29 Å². The Morgan fingerprint density at radius 2 is 2.08 bits per heavy atom. The summed E-state index contributed by atoms with van der Waals surface area (Å²) in [5.41, 5.74) is 1.58. The Kier molecular flexibility index (Phi) is 6.51. The Hall–Kier alpha value is -0.630. The van der Waals surface area contributed by atoms with Crippen molar-refractivity contribution in [2.45, 2.75) is 52.6 Å². The molecule has 0 radical (unpaired) electrons. The van der Waals surface area contributed by atoms with Crippen molar-refractivity contribution in [3.05, 3.63) is 11.1 Å². The van der Waals surface area contributed by atoms with Crippen molar-refractivity contribution in [1.82, 2.24) is 0 Å². The van der Waals surface area contributed by atoms with Crippen LogP contribution in [0.15, 0.2) is 11.1 Å². The Bertz CT molecular complexity index is 183. The van der Waals surface area contributed by atoms with E-state index in [0.29, 0.717) is 6.42 Å². The number of carbonyl (C=O) groups is 1. The average Bonchev–Trinajstić information content (AvgIpc) is 2.15. The van der Waals surface area contributed by atoms with E-state index in [2.05, 4.69) is 6.92 Å². The highest BCUT2D eigenvalue weighted by atomic mass is 16.3. The van der Waals surface area contributed by atoms with Gasteiger partial charge in [-0.25, -0.2) is 0 Å². The molecule has 13 heavy (non-hydrogen) atoms. The summed E-state index contributed by atoms with van der Waals surface area (Å²) in [4.78, 5) is 10.6. The van der Waals surface area contributed by atoms with Gasteiger partial charge in [-0.05, 0) is 30.9 Å². The van der Waals surface area contributed by atoms with Crippen LogP contribution in [0.3, 0.4) is 0 Å². The lowest BCUT2D eigenvalue weighted by Crippen LogP contribution is -2.10. The fourth-order valence-corrected chi connectivity index (χ4v) is 1.28. The van der Waals surface area contributed by atoms with Gasteiger partial charge in [0, 0.05) is 0 Å². The lowest BCUT2D eigenvalue weighted by atomic mass is 9.99. The van der Waals surface area contributed by atoms with E-state index < -0.39 is 6.10 Å². The van der Waals surface area contributed by atoms with Crippen molar-refractivity contribution < 1.29 is 9.90 Å². The Balaban J connectivity index is 4.27. The molecule has 2 nitrogen and oxygen atoms in total. The molecule has 0 amide bonds. The summed E-state index contributed by atoms with van der Waals surface area (Å²) in [7, 11) is 0. The summed E-state index contributed by atoms with van der Waals surface area (Å²) < 4.78 is 0. The quantitative estimate of drug-likeness (QED) is 0.508. The van der Waals surface area contributed by atoms with E-state index in [-0.39, 0.29) is 0 Å². The molecule has 0 bridgehead atoms. The van der Waals surface area contributed by atoms with Gasteiger partial charge < -0.3 is 5.11 Å². The number of aliphatic hydroxyl groups is 1. The SMILES string of the molecule is CCCCC(O)/C(C)=C(/C=O)CC. The molecule has 0 aromatic rings. The second-order valence-corrected chi connectivity index (χ2v) is 3.34. The van der Waals surface area contributed by atoms with Crippen LogP contribution < -0.4 is 0 Å². The summed E-state index contributed by atoms with van der Waals surface area (Å²) in [5.74, 6) is 0. The molecule has 1 N–H and O–H groups in total. The Labute approximate surface area is 80.7 Å². The van der Waals surface area contributed by atoms with Gasteiger partial charge in [0.15, 0.2) is 0 Å². The molecule has 0 aliphatic carbocycles. The van der Waals surface area contributed by atoms with E-state index in [1.807, 2.05) is 13.8 Å². The third-order valence-electron chi connectivity index (χ3n) is 2.36. The minimum Gasteiger partial charge on any atom is -0.389 e. The maximum atomic E-state index is 10.6. The summed E-state index contributed by atoms with van der Waals surface area (Å²) in [5, 5.41) is 9.66. The van der Waals surface area contributed by atoms with Crippen molar-refractivity contribution >= 4 is 6.29 Å². The number of aliphatic hydroxyl groups excluding tert-OH is 1. The fraction of sp³-hybridized carbons (Fsp3) is 0.727. The zero-order valence-electron chi connectivity index (χ0n) is 8.84. The molecule has 0 rings (SSSR count). The molecule has 0 heterocycles. The van der Waals surface area contributed by atoms with Crippen LogP contribution in [-0.2, 0) is 4.79 Å². The second-order valence-electron chi connectivity index (χ2n) is 3.34. The van der Waals surface area contributed by atoms with E-state index in [0.717, 1.165) is 36.7 Å². The molecule has 1 atom stereocenters. The molecule has 0 aliphatic rings. The van der Waals surface area contributed by atoms with Gasteiger partial charge in [-0.2, -0.15) is 0 Å². The fourth-order valence-electron chi connectivity index (χ4n) is 1.28. The van der Waals surface area contributed by atoms with Crippen LogP contribution in [0.2, 0.25) is 0 Å². The number of rotatable bonds is 6. The number of hydrogen-bond donors (Lipinski definition) is 1. The van der Waals surface area contributed by atoms with Crippen molar-refractivity contribution in [3.63, 3.8) is 0 Å². The number of allylic oxidation sites excluding steroid dienone is 1. The minimum atomic E-state index is -0.430. The largest absolute Gasteiger partial charge is 0.389 e. The zero-order valence-corrected chi connectivity index (χ0v) is 8.84. The maximum Gasteiger partial charge on any atom is 0.146 e. The zero-order chi connectivity index (χ0) is 10.3. The van der Waals surface area contributed by atoms with Crippen molar-refractivity contribution in [2.24, 2.45) is 0 Å². The number of hydrogen-bond acceptors (Lipinski definition) is 2. The maximum absolute atomic E-state index is 10.6. The van der Waals surface area contributed by atoms with Gasteiger partial charge in [-0.15, -0.1) is 0 Å². The molecule has 0 spiro atoms. The van der Waals surface area contributed by atoms with Crippen LogP contribution >= 0.6 is 0 Å². The normalized spacial score (nSPS) is 15.1. The van der Waals surface area contributed by atoms with Crippen molar-refractivity contribution in [1.29, 1.82) is 0 Å². The second kappa shape index (κ2) is 6.84. The molecule has 2 heteroatoms. The van der Waals surface area contributed by atoms with Gasteiger partial charge in [-0.1, -0.05) is 26.7 Å². The van der Waals surface area contributed by atoms with Crippen LogP contribution in [0, 0.1) is 0 Å². The summed E-state index contributed by atoms with van der Waals surface area (Å²) >= 11 is 0. The van der Waals surface area contributed by atoms with E-state index in [9.17, 15) is 9.90 Å².